The minimum Gasteiger partial charge on any atom is -0.481 e. The molecule has 7 heteroatoms. The third kappa shape index (κ3) is 3.90. The molecule has 1 aliphatic carbocycles. The van der Waals surface area contributed by atoms with E-state index in [1.165, 1.54) is 6.20 Å². The largest absolute Gasteiger partial charge is 0.481 e. The summed E-state index contributed by atoms with van der Waals surface area (Å²) < 4.78 is 1.65. The van der Waals surface area contributed by atoms with Crippen molar-refractivity contribution in [2.75, 3.05) is 0 Å². The lowest BCUT2D eigenvalue weighted by Gasteiger charge is -2.39. The number of nitrogens with zero attached hydrogens (tertiary/aromatic N) is 2. The van der Waals surface area contributed by atoms with Crippen molar-refractivity contribution in [3.8, 4) is 0 Å². The van der Waals surface area contributed by atoms with Gasteiger partial charge in [-0.1, -0.05) is 42.6 Å². The van der Waals surface area contributed by atoms with E-state index in [0.717, 1.165) is 18.4 Å². The van der Waals surface area contributed by atoms with Crippen LogP contribution in [0.15, 0.2) is 36.7 Å². The Hall–Kier alpha value is -2.34. The molecule has 6 nitrogen and oxygen atoms in total. The lowest BCUT2D eigenvalue weighted by Crippen LogP contribution is -2.55. The second-order valence-electron chi connectivity index (χ2n) is 7.03. The second kappa shape index (κ2) is 7.50. The SMILES string of the molecule is CC1(NC(=O)c2cnn(Cc3ccccc3Cl)c2)CCCCC1C(=O)O. The highest BCUT2D eigenvalue weighted by molar-refractivity contribution is 6.31. The van der Waals surface area contributed by atoms with E-state index in [9.17, 15) is 14.7 Å². The highest BCUT2D eigenvalue weighted by Gasteiger charge is 2.42. The monoisotopic (exact) mass is 375 g/mol. The Morgan fingerprint density at radius 2 is 2.15 bits per heavy atom. The summed E-state index contributed by atoms with van der Waals surface area (Å²) in [5.41, 5.74) is 0.578. The number of carbonyl (C=O) groups is 2. The molecule has 2 aromatic rings. The number of rotatable bonds is 5. The average Bonchev–Trinajstić information content (AvgIpc) is 3.05. The van der Waals surface area contributed by atoms with E-state index in [1.807, 2.05) is 31.2 Å². The molecule has 26 heavy (non-hydrogen) atoms. The van der Waals surface area contributed by atoms with Crippen LogP contribution in [0.4, 0.5) is 0 Å². The first kappa shape index (κ1) is 18.5. The van der Waals surface area contributed by atoms with Crippen LogP contribution in [-0.4, -0.2) is 32.3 Å². The molecule has 1 saturated carbocycles. The van der Waals surface area contributed by atoms with Crippen molar-refractivity contribution < 1.29 is 14.7 Å². The Balaban J connectivity index is 1.72. The first-order valence-corrected chi connectivity index (χ1v) is 9.08. The van der Waals surface area contributed by atoms with Gasteiger partial charge >= 0.3 is 5.97 Å². The maximum atomic E-state index is 12.6. The standard InChI is InChI=1S/C19H22ClN3O3/c1-19(9-5-4-7-15(19)18(25)26)22-17(24)14-10-21-23(12-14)11-13-6-2-3-8-16(13)20/h2-3,6,8,10,12,15H,4-5,7,9,11H2,1H3,(H,22,24)(H,25,26). The number of carboxylic acids is 1. The third-order valence-corrected chi connectivity index (χ3v) is 5.46. The maximum absolute atomic E-state index is 12.6. The van der Waals surface area contributed by atoms with Gasteiger partial charge in [0.25, 0.3) is 5.91 Å². The molecule has 2 unspecified atom stereocenters. The van der Waals surface area contributed by atoms with Crippen molar-refractivity contribution in [1.29, 1.82) is 0 Å². The summed E-state index contributed by atoms with van der Waals surface area (Å²) in [6.07, 6.45) is 6.17. The summed E-state index contributed by atoms with van der Waals surface area (Å²) in [6, 6.07) is 7.47. The fourth-order valence-electron chi connectivity index (χ4n) is 3.58. The van der Waals surface area contributed by atoms with Crippen LogP contribution in [0, 0.1) is 5.92 Å². The number of benzene rings is 1. The Bertz CT molecular complexity index is 820. The van der Waals surface area contributed by atoms with E-state index in [-0.39, 0.29) is 5.91 Å². The predicted octanol–water partition coefficient (Wildman–Crippen LogP) is 3.35. The average molecular weight is 376 g/mol. The number of carbonyl (C=O) groups excluding carboxylic acids is 1. The minimum atomic E-state index is -0.859. The molecule has 0 aliphatic heterocycles. The van der Waals surface area contributed by atoms with E-state index >= 15 is 0 Å². The molecule has 0 saturated heterocycles. The molecule has 1 heterocycles. The third-order valence-electron chi connectivity index (χ3n) is 5.09. The van der Waals surface area contributed by atoms with Crippen LogP contribution in [0.25, 0.3) is 0 Å². The number of hydrogen-bond acceptors (Lipinski definition) is 3. The van der Waals surface area contributed by atoms with Crippen molar-refractivity contribution in [2.45, 2.75) is 44.7 Å². The zero-order valence-electron chi connectivity index (χ0n) is 14.6. The van der Waals surface area contributed by atoms with Gasteiger partial charge in [0.2, 0.25) is 0 Å². The van der Waals surface area contributed by atoms with Crippen molar-refractivity contribution in [3.05, 3.63) is 52.8 Å². The Kier molecular flexibility index (Phi) is 5.32. The highest BCUT2D eigenvalue weighted by Crippen LogP contribution is 2.34. The molecule has 3 rings (SSSR count). The van der Waals surface area contributed by atoms with Gasteiger partial charge in [0, 0.05) is 11.2 Å². The molecule has 1 aliphatic rings. The molecule has 0 bridgehead atoms. The molecule has 0 radical (unpaired) electrons. The number of carboxylic acid groups (broad SMARTS) is 1. The van der Waals surface area contributed by atoms with Crippen LogP contribution in [0.3, 0.4) is 0 Å². The van der Waals surface area contributed by atoms with Gasteiger partial charge in [-0.05, 0) is 31.4 Å². The lowest BCUT2D eigenvalue weighted by molar-refractivity contribution is -0.145. The van der Waals surface area contributed by atoms with Crippen molar-refractivity contribution in [1.82, 2.24) is 15.1 Å². The van der Waals surface area contributed by atoms with Crippen LogP contribution >= 0.6 is 11.6 Å². The zero-order valence-corrected chi connectivity index (χ0v) is 15.4. The molecule has 2 atom stereocenters. The summed E-state index contributed by atoms with van der Waals surface area (Å²) in [4.78, 5) is 24.2. The van der Waals surface area contributed by atoms with Crippen LogP contribution in [0.5, 0.6) is 0 Å². The predicted molar refractivity (Wildman–Crippen MR) is 98.2 cm³/mol. The number of hydrogen-bond donors (Lipinski definition) is 2. The van der Waals surface area contributed by atoms with Gasteiger partial charge in [-0.3, -0.25) is 14.3 Å². The van der Waals surface area contributed by atoms with Gasteiger partial charge in [-0.2, -0.15) is 5.10 Å². The van der Waals surface area contributed by atoms with Crippen molar-refractivity contribution >= 4 is 23.5 Å². The van der Waals surface area contributed by atoms with Gasteiger partial charge < -0.3 is 10.4 Å². The topological polar surface area (TPSA) is 84.2 Å². The number of halogens is 1. The number of nitrogens with one attached hydrogen (secondary N) is 1. The summed E-state index contributed by atoms with van der Waals surface area (Å²) in [7, 11) is 0. The van der Waals surface area contributed by atoms with Crippen LogP contribution in [-0.2, 0) is 11.3 Å². The second-order valence-corrected chi connectivity index (χ2v) is 7.43. The van der Waals surface area contributed by atoms with Crippen LogP contribution in [0.2, 0.25) is 5.02 Å². The van der Waals surface area contributed by atoms with Gasteiger partial charge in [0.1, 0.15) is 0 Å². The number of aliphatic carboxylic acids is 1. The van der Waals surface area contributed by atoms with E-state index in [1.54, 1.807) is 10.9 Å². The number of amides is 1. The van der Waals surface area contributed by atoms with E-state index < -0.39 is 17.4 Å². The van der Waals surface area contributed by atoms with Crippen LogP contribution in [0.1, 0.15) is 48.5 Å². The van der Waals surface area contributed by atoms with Crippen molar-refractivity contribution in [2.24, 2.45) is 5.92 Å². The molecule has 1 aromatic carbocycles. The summed E-state index contributed by atoms with van der Waals surface area (Å²) >= 11 is 6.16. The fourth-order valence-corrected chi connectivity index (χ4v) is 3.77. The highest BCUT2D eigenvalue weighted by atomic mass is 35.5. The first-order valence-electron chi connectivity index (χ1n) is 8.70. The summed E-state index contributed by atoms with van der Waals surface area (Å²) in [5.74, 6) is -1.73. The maximum Gasteiger partial charge on any atom is 0.308 e. The molecular weight excluding hydrogens is 354 g/mol. The molecule has 138 valence electrons. The first-order chi connectivity index (χ1) is 12.4. The minimum absolute atomic E-state index is 0.300. The van der Waals surface area contributed by atoms with E-state index in [2.05, 4.69) is 10.4 Å². The smallest absolute Gasteiger partial charge is 0.308 e. The van der Waals surface area contributed by atoms with Gasteiger partial charge in [0.05, 0.1) is 29.8 Å². The summed E-state index contributed by atoms with van der Waals surface area (Å²) in [6.45, 7) is 2.28. The van der Waals surface area contributed by atoms with E-state index in [4.69, 9.17) is 11.6 Å². The zero-order chi connectivity index (χ0) is 18.7. The molecular formula is C19H22ClN3O3. The number of aromatic nitrogens is 2. The Labute approximate surface area is 157 Å². The van der Waals surface area contributed by atoms with Gasteiger partial charge in [-0.15, -0.1) is 0 Å². The van der Waals surface area contributed by atoms with E-state index in [0.29, 0.717) is 30.0 Å². The summed E-state index contributed by atoms with van der Waals surface area (Å²) in [5, 5.41) is 17.3. The Morgan fingerprint density at radius 1 is 1.38 bits per heavy atom. The quantitative estimate of drug-likeness (QED) is 0.839. The normalized spacial score (nSPS) is 22.8. The molecule has 1 aromatic heterocycles. The fraction of sp³-hybridized carbons (Fsp3) is 0.421. The molecule has 1 fully saturated rings. The van der Waals surface area contributed by atoms with Gasteiger partial charge in [0.15, 0.2) is 0 Å². The van der Waals surface area contributed by atoms with Crippen LogP contribution < -0.4 is 5.32 Å². The molecule has 2 N–H and O–H groups in total. The lowest BCUT2D eigenvalue weighted by atomic mass is 9.74. The molecule has 0 spiro atoms. The molecule has 1 amide bonds. The Morgan fingerprint density at radius 3 is 2.88 bits per heavy atom. The van der Waals surface area contributed by atoms with Gasteiger partial charge in [-0.25, -0.2) is 0 Å². The van der Waals surface area contributed by atoms with Crippen molar-refractivity contribution in [3.63, 3.8) is 0 Å².